The first-order valence-electron chi connectivity index (χ1n) is 10.7. The molecule has 0 saturated carbocycles. The van der Waals surface area contributed by atoms with Gasteiger partial charge in [0.1, 0.15) is 11.9 Å². The van der Waals surface area contributed by atoms with Crippen LogP contribution >= 0.6 is 11.6 Å². The van der Waals surface area contributed by atoms with Crippen molar-refractivity contribution in [3.05, 3.63) is 106 Å². The molecule has 0 fully saturated rings. The predicted octanol–water partition coefficient (Wildman–Crippen LogP) is 4.29. The van der Waals surface area contributed by atoms with E-state index in [2.05, 4.69) is 5.32 Å². The van der Waals surface area contributed by atoms with Crippen LogP contribution in [0.5, 0.6) is 0 Å². The molecule has 0 aliphatic carbocycles. The van der Waals surface area contributed by atoms with Gasteiger partial charge in [0.25, 0.3) is 0 Å². The molecule has 2 N–H and O–H groups in total. The first-order valence-corrected chi connectivity index (χ1v) is 11.1. The summed E-state index contributed by atoms with van der Waals surface area (Å²) in [5, 5.41) is 12.5. The second-order valence-corrected chi connectivity index (χ2v) is 8.07. The van der Waals surface area contributed by atoms with Crippen LogP contribution in [-0.2, 0) is 22.6 Å². The molecule has 33 heavy (non-hydrogen) atoms. The average molecular weight is 469 g/mol. The number of carbonyl (C=O) groups excluding carboxylic acids is 2. The Kier molecular flexibility index (Phi) is 8.98. The van der Waals surface area contributed by atoms with Gasteiger partial charge in [-0.2, -0.15) is 0 Å². The van der Waals surface area contributed by atoms with Gasteiger partial charge in [0.05, 0.1) is 6.42 Å². The van der Waals surface area contributed by atoms with E-state index in [1.807, 2.05) is 18.2 Å². The molecule has 5 nitrogen and oxygen atoms in total. The van der Waals surface area contributed by atoms with Gasteiger partial charge >= 0.3 is 0 Å². The number of aliphatic hydroxyl groups is 1. The maximum atomic E-state index is 13.5. The van der Waals surface area contributed by atoms with Crippen LogP contribution in [0.3, 0.4) is 0 Å². The SMILES string of the molecule is O=C(NCCCO)C(c1ccccc1)N(Cc1ccc(F)cc1)C(=O)Cc1ccc(Cl)cc1. The molecule has 172 valence electrons. The molecule has 1 atom stereocenters. The van der Waals surface area contributed by atoms with Crippen LogP contribution in [0.4, 0.5) is 4.39 Å². The number of nitrogens with zero attached hydrogens (tertiary/aromatic N) is 1. The van der Waals surface area contributed by atoms with Crippen molar-refractivity contribution in [2.75, 3.05) is 13.2 Å². The summed E-state index contributed by atoms with van der Waals surface area (Å²) < 4.78 is 13.5. The van der Waals surface area contributed by atoms with E-state index < -0.39 is 6.04 Å². The third kappa shape index (κ3) is 7.14. The standard InChI is InChI=1S/C26H26ClFN2O3/c27-22-11-7-19(8-12-22)17-24(32)30(18-20-9-13-23(28)14-10-20)25(21-5-2-1-3-6-21)26(33)29-15-4-16-31/h1-3,5-14,25,31H,4,15-18H2,(H,29,33). The number of hydrogen-bond acceptors (Lipinski definition) is 3. The smallest absolute Gasteiger partial charge is 0.247 e. The molecule has 0 heterocycles. The summed E-state index contributed by atoms with van der Waals surface area (Å²) in [6, 6.07) is 21.0. The third-order valence-corrected chi connectivity index (χ3v) is 5.42. The summed E-state index contributed by atoms with van der Waals surface area (Å²) in [6.45, 7) is 0.360. The predicted molar refractivity (Wildman–Crippen MR) is 126 cm³/mol. The van der Waals surface area contributed by atoms with Gasteiger partial charge in [-0.3, -0.25) is 9.59 Å². The number of amides is 2. The van der Waals surface area contributed by atoms with E-state index in [1.165, 1.54) is 17.0 Å². The molecule has 0 aliphatic heterocycles. The molecule has 0 aromatic heterocycles. The van der Waals surface area contributed by atoms with E-state index in [1.54, 1.807) is 48.5 Å². The fourth-order valence-corrected chi connectivity index (χ4v) is 3.61. The van der Waals surface area contributed by atoms with E-state index in [4.69, 9.17) is 16.7 Å². The lowest BCUT2D eigenvalue weighted by Crippen LogP contribution is -2.44. The fraction of sp³-hybridized carbons (Fsp3) is 0.231. The van der Waals surface area contributed by atoms with Crippen molar-refractivity contribution >= 4 is 23.4 Å². The van der Waals surface area contributed by atoms with Gasteiger partial charge in [0.2, 0.25) is 11.8 Å². The zero-order valence-electron chi connectivity index (χ0n) is 18.1. The second-order valence-electron chi connectivity index (χ2n) is 7.63. The van der Waals surface area contributed by atoms with Crippen LogP contribution in [0.2, 0.25) is 5.02 Å². The highest BCUT2D eigenvalue weighted by Gasteiger charge is 2.31. The Bertz CT molecular complexity index is 1040. The maximum Gasteiger partial charge on any atom is 0.247 e. The molecule has 0 aliphatic rings. The van der Waals surface area contributed by atoms with Gasteiger partial charge in [0, 0.05) is 24.7 Å². The lowest BCUT2D eigenvalue weighted by atomic mass is 10.0. The number of benzene rings is 3. The Hall–Kier alpha value is -3.22. The number of rotatable bonds is 10. The number of nitrogens with one attached hydrogen (secondary N) is 1. The van der Waals surface area contributed by atoms with Gasteiger partial charge in [-0.1, -0.05) is 66.2 Å². The van der Waals surface area contributed by atoms with E-state index in [-0.39, 0.29) is 43.7 Å². The Morgan fingerprint density at radius 3 is 2.21 bits per heavy atom. The summed E-state index contributed by atoms with van der Waals surface area (Å²) in [7, 11) is 0. The minimum absolute atomic E-state index is 0.0505. The number of carbonyl (C=O) groups is 2. The molecule has 1 unspecified atom stereocenters. The summed E-state index contributed by atoms with van der Waals surface area (Å²) in [4.78, 5) is 28.3. The van der Waals surface area contributed by atoms with Crippen molar-refractivity contribution in [1.29, 1.82) is 0 Å². The highest BCUT2D eigenvalue weighted by atomic mass is 35.5. The van der Waals surface area contributed by atoms with Crippen molar-refractivity contribution < 1.29 is 19.1 Å². The Morgan fingerprint density at radius 2 is 1.58 bits per heavy atom. The molecule has 2 amide bonds. The van der Waals surface area contributed by atoms with E-state index in [9.17, 15) is 14.0 Å². The molecular weight excluding hydrogens is 443 g/mol. The highest BCUT2D eigenvalue weighted by molar-refractivity contribution is 6.30. The normalized spacial score (nSPS) is 11.6. The monoisotopic (exact) mass is 468 g/mol. The molecule has 0 saturated heterocycles. The Labute approximate surface area is 197 Å². The summed E-state index contributed by atoms with van der Waals surface area (Å²) in [5.41, 5.74) is 2.12. The first-order chi connectivity index (χ1) is 16.0. The van der Waals surface area contributed by atoms with Crippen molar-refractivity contribution in [3.8, 4) is 0 Å². The largest absolute Gasteiger partial charge is 0.396 e. The van der Waals surface area contributed by atoms with E-state index in [0.717, 1.165) is 5.56 Å². The molecule has 3 aromatic rings. The van der Waals surface area contributed by atoms with Crippen molar-refractivity contribution in [2.24, 2.45) is 0 Å². The number of hydrogen-bond donors (Lipinski definition) is 2. The Morgan fingerprint density at radius 1 is 0.939 bits per heavy atom. The lowest BCUT2D eigenvalue weighted by Gasteiger charge is -2.32. The summed E-state index contributed by atoms with van der Waals surface area (Å²) in [6.07, 6.45) is 0.482. The highest BCUT2D eigenvalue weighted by Crippen LogP contribution is 2.25. The van der Waals surface area contributed by atoms with Crippen LogP contribution < -0.4 is 5.32 Å². The van der Waals surface area contributed by atoms with Gasteiger partial charge in [-0.05, 0) is 47.4 Å². The quantitative estimate of drug-likeness (QED) is 0.436. The molecule has 3 rings (SSSR count). The molecule has 7 heteroatoms. The minimum atomic E-state index is -0.894. The first kappa shape index (κ1) is 24.4. The van der Waals surface area contributed by atoms with Crippen LogP contribution in [0.25, 0.3) is 0 Å². The molecule has 0 spiro atoms. The summed E-state index contributed by atoms with van der Waals surface area (Å²) >= 11 is 5.97. The fourth-order valence-electron chi connectivity index (χ4n) is 3.48. The van der Waals surface area contributed by atoms with Gasteiger partial charge < -0.3 is 15.3 Å². The van der Waals surface area contributed by atoms with Crippen LogP contribution in [0.1, 0.15) is 29.2 Å². The maximum absolute atomic E-state index is 13.5. The van der Waals surface area contributed by atoms with Gasteiger partial charge in [-0.15, -0.1) is 0 Å². The second kappa shape index (κ2) is 12.1. The van der Waals surface area contributed by atoms with Gasteiger partial charge in [0.15, 0.2) is 0 Å². The minimum Gasteiger partial charge on any atom is -0.396 e. The van der Waals surface area contributed by atoms with Crippen LogP contribution in [0, 0.1) is 5.82 Å². The molecular formula is C26H26ClFN2O3. The van der Waals surface area contributed by atoms with Gasteiger partial charge in [-0.25, -0.2) is 4.39 Å². The van der Waals surface area contributed by atoms with Crippen molar-refractivity contribution in [3.63, 3.8) is 0 Å². The molecule has 0 bridgehead atoms. The Balaban J connectivity index is 1.96. The third-order valence-electron chi connectivity index (χ3n) is 5.16. The van der Waals surface area contributed by atoms with E-state index >= 15 is 0 Å². The topological polar surface area (TPSA) is 69.6 Å². The summed E-state index contributed by atoms with van der Waals surface area (Å²) in [5.74, 6) is -0.979. The zero-order valence-corrected chi connectivity index (χ0v) is 18.8. The number of halogens is 2. The lowest BCUT2D eigenvalue weighted by molar-refractivity contribution is -0.141. The van der Waals surface area contributed by atoms with Crippen LogP contribution in [-0.4, -0.2) is 35.0 Å². The van der Waals surface area contributed by atoms with E-state index in [0.29, 0.717) is 22.6 Å². The molecule has 0 radical (unpaired) electrons. The number of aliphatic hydroxyl groups excluding tert-OH is 1. The average Bonchev–Trinajstić information content (AvgIpc) is 2.82. The van der Waals surface area contributed by atoms with Crippen LogP contribution in [0.15, 0.2) is 78.9 Å². The van der Waals surface area contributed by atoms with Crippen molar-refractivity contribution in [2.45, 2.75) is 25.4 Å². The van der Waals surface area contributed by atoms with Crippen molar-refractivity contribution in [1.82, 2.24) is 10.2 Å². The zero-order chi connectivity index (χ0) is 23.6. The molecule has 3 aromatic carbocycles.